The molecule has 15 heteroatoms. The zero-order chi connectivity index (χ0) is 28.0. The average molecular weight is 557 g/mol. The molecular weight excluding hydrogens is 526 g/mol. The van der Waals surface area contributed by atoms with E-state index in [1.165, 1.54) is 11.6 Å². The first-order valence-corrected chi connectivity index (χ1v) is 13.6. The second-order valence-corrected chi connectivity index (χ2v) is 10.7. The molecule has 1 amide bonds. The van der Waals surface area contributed by atoms with Crippen LogP contribution in [0.3, 0.4) is 0 Å². The molecule has 1 aromatic carbocycles. The van der Waals surface area contributed by atoms with Gasteiger partial charge in [0.1, 0.15) is 17.5 Å². The Morgan fingerprint density at radius 2 is 2.16 bits per heavy atom. The second-order valence-electron chi connectivity index (χ2n) is 8.80. The van der Waals surface area contributed by atoms with Gasteiger partial charge in [0.2, 0.25) is 21.9 Å². The normalized spacial score (nSPS) is 16.5. The van der Waals surface area contributed by atoms with Gasteiger partial charge in [0.05, 0.1) is 23.2 Å². The summed E-state index contributed by atoms with van der Waals surface area (Å²) < 4.78 is 58.0. The van der Waals surface area contributed by atoms with Crippen molar-refractivity contribution in [2.75, 3.05) is 23.7 Å². The lowest BCUT2D eigenvalue weighted by Gasteiger charge is -2.23. The maximum absolute atomic E-state index is 15.4. The van der Waals surface area contributed by atoms with Gasteiger partial charge in [-0.3, -0.25) is 30.0 Å². The number of pyridine rings is 1. The SMILES string of the molecule is CCCCS(=O)(=O)NC(CN(C=O)c1cn(C)c2c(F)c(CNC3N=CCCN3)c(F)cc2c1=O)C(=O)O. The van der Waals surface area contributed by atoms with Gasteiger partial charge in [0.15, 0.2) is 12.1 Å². The first-order chi connectivity index (χ1) is 18.0. The monoisotopic (exact) mass is 556 g/mol. The highest BCUT2D eigenvalue weighted by molar-refractivity contribution is 7.89. The number of anilines is 1. The van der Waals surface area contributed by atoms with Crippen LogP contribution in [-0.4, -0.2) is 67.9 Å². The number of unbranched alkanes of at least 4 members (excludes halogenated alkanes) is 1. The van der Waals surface area contributed by atoms with Crippen molar-refractivity contribution in [2.24, 2.45) is 12.0 Å². The summed E-state index contributed by atoms with van der Waals surface area (Å²) >= 11 is 0. The second kappa shape index (κ2) is 12.5. The fraction of sp³-hybridized carbons (Fsp3) is 0.478. The molecule has 0 radical (unpaired) electrons. The first kappa shape index (κ1) is 29.3. The zero-order valence-electron chi connectivity index (χ0n) is 20.9. The molecule has 0 saturated heterocycles. The van der Waals surface area contributed by atoms with Crippen LogP contribution in [0, 0.1) is 11.6 Å². The van der Waals surface area contributed by atoms with Crippen molar-refractivity contribution in [3.05, 3.63) is 39.7 Å². The maximum Gasteiger partial charge on any atom is 0.323 e. The van der Waals surface area contributed by atoms with Crippen LogP contribution < -0.4 is 25.7 Å². The number of hydrogen-bond acceptors (Lipinski definition) is 8. The number of hydrogen-bond donors (Lipinski definition) is 4. The predicted molar refractivity (Wildman–Crippen MR) is 138 cm³/mol. The van der Waals surface area contributed by atoms with Gasteiger partial charge >= 0.3 is 5.97 Å². The molecule has 0 fully saturated rings. The molecule has 208 valence electrons. The van der Waals surface area contributed by atoms with E-state index < -0.39 is 51.9 Å². The lowest BCUT2D eigenvalue weighted by molar-refractivity contribution is -0.138. The van der Waals surface area contributed by atoms with Crippen LogP contribution >= 0.6 is 0 Å². The van der Waals surface area contributed by atoms with Gasteiger partial charge in [0.25, 0.3) is 0 Å². The Hall–Kier alpha value is -3.27. The van der Waals surface area contributed by atoms with E-state index in [0.717, 1.165) is 18.7 Å². The molecule has 0 saturated carbocycles. The summed E-state index contributed by atoms with van der Waals surface area (Å²) in [6, 6.07) is -0.912. The number of aliphatic carboxylic acids is 1. The van der Waals surface area contributed by atoms with E-state index in [4.69, 9.17) is 0 Å². The number of aryl methyl sites for hydroxylation is 1. The van der Waals surface area contributed by atoms with Crippen LogP contribution in [0.4, 0.5) is 14.5 Å². The number of carboxylic acids is 1. The van der Waals surface area contributed by atoms with Gasteiger partial charge in [-0.2, -0.15) is 4.72 Å². The van der Waals surface area contributed by atoms with E-state index in [0.29, 0.717) is 24.3 Å². The third kappa shape index (κ3) is 6.78. The van der Waals surface area contributed by atoms with Crippen molar-refractivity contribution < 1.29 is 31.9 Å². The molecule has 1 aliphatic heterocycles. The molecule has 4 N–H and O–H groups in total. The van der Waals surface area contributed by atoms with Crippen LogP contribution in [0.15, 0.2) is 22.1 Å². The number of aliphatic imine (C=N–C) groups is 1. The van der Waals surface area contributed by atoms with Crippen molar-refractivity contribution in [2.45, 2.75) is 45.1 Å². The Labute approximate surface area is 217 Å². The molecule has 1 aliphatic rings. The lowest BCUT2D eigenvalue weighted by atomic mass is 10.1. The number of halogens is 2. The van der Waals surface area contributed by atoms with E-state index in [2.05, 4.69) is 15.6 Å². The van der Waals surface area contributed by atoms with Gasteiger partial charge in [0, 0.05) is 38.1 Å². The number of nitrogens with one attached hydrogen (secondary N) is 3. The van der Waals surface area contributed by atoms with Crippen molar-refractivity contribution in [3.63, 3.8) is 0 Å². The van der Waals surface area contributed by atoms with Gasteiger partial charge in [-0.15, -0.1) is 0 Å². The Morgan fingerprint density at radius 1 is 1.42 bits per heavy atom. The molecule has 1 aromatic heterocycles. The smallest absolute Gasteiger partial charge is 0.323 e. The number of carbonyl (C=O) groups is 2. The Kier molecular flexibility index (Phi) is 9.65. The van der Waals surface area contributed by atoms with Crippen LogP contribution in [0.2, 0.25) is 0 Å². The molecule has 2 atom stereocenters. The van der Waals surface area contributed by atoms with Gasteiger partial charge in [-0.25, -0.2) is 17.2 Å². The highest BCUT2D eigenvalue weighted by atomic mass is 32.2. The van der Waals surface area contributed by atoms with Crippen molar-refractivity contribution in [1.29, 1.82) is 0 Å². The number of rotatable bonds is 13. The molecule has 0 aliphatic carbocycles. The number of amides is 1. The van der Waals surface area contributed by atoms with Crippen molar-refractivity contribution in [3.8, 4) is 0 Å². The molecule has 2 unspecified atom stereocenters. The molecular formula is C23H30F2N6O6S. The number of sulfonamides is 1. The molecule has 2 heterocycles. The largest absolute Gasteiger partial charge is 0.480 e. The molecule has 0 spiro atoms. The highest BCUT2D eigenvalue weighted by Crippen LogP contribution is 2.24. The third-order valence-corrected chi connectivity index (χ3v) is 7.44. The van der Waals surface area contributed by atoms with Gasteiger partial charge in [-0.05, 0) is 18.9 Å². The van der Waals surface area contributed by atoms with E-state index >= 15 is 4.39 Å². The molecule has 12 nitrogen and oxygen atoms in total. The van der Waals surface area contributed by atoms with E-state index in [1.807, 2.05) is 4.72 Å². The van der Waals surface area contributed by atoms with Crippen LogP contribution in [0.25, 0.3) is 10.9 Å². The number of carboxylic acid groups (broad SMARTS) is 1. The average Bonchev–Trinajstić information content (AvgIpc) is 2.87. The third-order valence-electron chi connectivity index (χ3n) is 5.97. The van der Waals surface area contributed by atoms with Crippen molar-refractivity contribution >= 4 is 45.2 Å². The predicted octanol–water partition coefficient (Wildman–Crippen LogP) is 0.390. The molecule has 0 bridgehead atoms. The Bertz CT molecular complexity index is 1400. The fourth-order valence-corrected chi connectivity index (χ4v) is 5.38. The number of nitrogens with zero attached hydrogens (tertiary/aromatic N) is 3. The van der Waals surface area contributed by atoms with Crippen LogP contribution in [-0.2, 0) is 33.2 Å². The topological polar surface area (TPSA) is 162 Å². The summed E-state index contributed by atoms with van der Waals surface area (Å²) in [5.41, 5.74) is -1.85. The van der Waals surface area contributed by atoms with Crippen LogP contribution in [0.5, 0.6) is 0 Å². The van der Waals surface area contributed by atoms with E-state index in [-0.39, 0.29) is 40.9 Å². The van der Waals surface area contributed by atoms with Crippen molar-refractivity contribution in [1.82, 2.24) is 19.9 Å². The minimum absolute atomic E-state index is 0.154. The van der Waals surface area contributed by atoms with Crippen LogP contribution in [0.1, 0.15) is 31.7 Å². The molecule has 2 aromatic rings. The minimum atomic E-state index is -3.98. The van der Waals surface area contributed by atoms with Gasteiger partial charge in [-0.1, -0.05) is 13.3 Å². The summed E-state index contributed by atoms with van der Waals surface area (Å²) in [7, 11) is -2.61. The Morgan fingerprint density at radius 3 is 2.76 bits per heavy atom. The minimum Gasteiger partial charge on any atom is -0.480 e. The summed E-state index contributed by atoms with van der Waals surface area (Å²) in [6.07, 6.45) is 4.02. The van der Waals surface area contributed by atoms with E-state index in [1.54, 1.807) is 13.1 Å². The zero-order valence-corrected chi connectivity index (χ0v) is 21.7. The lowest BCUT2D eigenvalue weighted by Crippen LogP contribution is -2.49. The standard InChI is InChI=1S/C23H30F2N6O6S/c1-3-4-8-38(36,37)29-17(22(34)35)11-31(13-32)18-12-30(2)20-14(21(18)33)9-16(24)15(19(20)25)10-28-23-26-6-5-7-27-23/h6,9,12-13,17,23,27-29H,3-5,7-8,10-11H2,1-2H3,(H,34,35). The highest BCUT2D eigenvalue weighted by Gasteiger charge is 2.28. The van der Waals surface area contributed by atoms with Gasteiger partial charge < -0.3 is 14.6 Å². The first-order valence-electron chi connectivity index (χ1n) is 11.9. The summed E-state index contributed by atoms with van der Waals surface area (Å²) in [4.78, 5) is 41.6. The number of aromatic nitrogens is 1. The number of carbonyl (C=O) groups excluding carboxylic acids is 1. The summed E-state index contributed by atoms with van der Waals surface area (Å²) in [5.74, 6) is -3.87. The summed E-state index contributed by atoms with van der Waals surface area (Å²) in [5, 5.41) is 15.1. The van der Waals surface area contributed by atoms with E-state index in [9.17, 15) is 32.3 Å². The quantitative estimate of drug-likeness (QED) is 0.258. The molecule has 3 rings (SSSR count). The molecule has 38 heavy (non-hydrogen) atoms. The number of benzene rings is 1. The Balaban J connectivity index is 1.95. The summed E-state index contributed by atoms with van der Waals surface area (Å²) in [6.45, 7) is 1.46. The number of fused-ring (bicyclic) bond motifs is 1. The fourth-order valence-electron chi connectivity index (χ4n) is 3.99. The maximum atomic E-state index is 15.4.